The number of nitrogens with zero attached hydrogens (tertiary/aromatic N) is 1. The van der Waals surface area contributed by atoms with Crippen molar-refractivity contribution < 1.29 is 19.1 Å². The molecule has 0 bridgehead atoms. The summed E-state index contributed by atoms with van der Waals surface area (Å²) in [5, 5.41) is 9.00. The van der Waals surface area contributed by atoms with Crippen molar-refractivity contribution in [3.63, 3.8) is 0 Å². The number of rotatable bonds is 4. The summed E-state index contributed by atoms with van der Waals surface area (Å²) in [4.78, 5) is 24.7. The number of hydrogen-bond donors (Lipinski definition) is 1. The molecule has 1 N–H and O–H groups in total. The van der Waals surface area contributed by atoms with Crippen LogP contribution >= 0.6 is 0 Å². The quantitative estimate of drug-likeness (QED) is 0.940. The first-order valence-corrected chi connectivity index (χ1v) is 6.34. The summed E-state index contributed by atoms with van der Waals surface area (Å²) in [6, 6.07) is 12.3. The Morgan fingerprint density at radius 3 is 2.43 bits per heavy atom. The van der Waals surface area contributed by atoms with Crippen molar-refractivity contribution in [2.75, 3.05) is 11.4 Å². The first-order valence-electron chi connectivity index (χ1n) is 6.34. The SMILES string of the molecule is Cc1ccc(F)cc1C(=O)N(CC(=O)O)c1ccccc1. The van der Waals surface area contributed by atoms with E-state index < -0.39 is 24.2 Å². The molecule has 2 rings (SSSR count). The van der Waals surface area contributed by atoms with Gasteiger partial charge in [0.15, 0.2) is 0 Å². The minimum atomic E-state index is -1.14. The Labute approximate surface area is 121 Å². The molecule has 0 heterocycles. The van der Waals surface area contributed by atoms with Gasteiger partial charge in [0.1, 0.15) is 12.4 Å². The molecule has 0 radical (unpaired) electrons. The highest BCUT2D eigenvalue weighted by Crippen LogP contribution is 2.19. The van der Waals surface area contributed by atoms with Crippen molar-refractivity contribution in [3.8, 4) is 0 Å². The van der Waals surface area contributed by atoms with Gasteiger partial charge in [-0.2, -0.15) is 0 Å². The van der Waals surface area contributed by atoms with Crippen molar-refractivity contribution >= 4 is 17.6 Å². The summed E-state index contributed by atoms with van der Waals surface area (Å²) >= 11 is 0. The number of aliphatic carboxylic acids is 1. The largest absolute Gasteiger partial charge is 0.480 e. The van der Waals surface area contributed by atoms with Crippen LogP contribution in [0.3, 0.4) is 0 Å². The number of anilines is 1. The lowest BCUT2D eigenvalue weighted by Crippen LogP contribution is -2.36. The van der Waals surface area contributed by atoms with Gasteiger partial charge in [-0.3, -0.25) is 14.5 Å². The van der Waals surface area contributed by atoms with E-state index in [0.29, 0.717) is 11.3 Å². The summed E-state index contributed by atoms with van der Waals surface area (Å²) in [5.74, 6) is -2.21. The molecule has 21 heavy (non-hydrogen) atoms. The van der Waals surface area contributed by atoms with Crippen LogP contribution in [0, 0.1) is 12.7 Å². The van der Waals surface area contributed by atoms with E-state index in [-0.39, 0.29) is 5.56 Å². The van der Waals surface area contributed by atoms with Gasteiger partial charge in [0.25, 0.3) is 5.91 Å². The molecule has 108 valence electrons. The van der Waals surface area contributed by atoms with E-state index >= 15 is 0 Å². The molecule has 0 aromatic heterocycles. The monoisotopic (exact) mass is 287 g/mol. The van der Waals surface area contributed by atoms with Crippen LogP contribution in [0.5, 0.6) is 0 Å². The second-order valence-electron chi connectivity index (χ2n) is 4.58. The van der Waals surface area contributed by atoms with Crippen molar-refractivity contribution in [2.45, 2.75) is 6.92 Å². The standard InChI is InChI=1S/C16H14FNO3/c1-11-7-8-12(17)9-14(11)16(21)18(10-15(19)20)13-5-3-2-4-6-13/h2-9H,10H2,1H3,(H,19,20). The second-order valence-corrected chi connectivity index (χ2v) is 4.58. The third kappa shape index (κ3) is 3.45. The van der Waals surface area contributed by atoms with Gasteiger partial charge in [-0.25, -0.2) is 4.39 Å². The Morgan fingerprint density at radius 1 is 1.14 bits per heavy atom. The van der Waals surface area contributed by atoms with Gasteiger partial charge in [-0.1, -0.05) is 24.3 Å². The van der Waals surface area contributed by atoms with Crippen LogP contribution in [-0.2, 0) is 4.79 Å². The number of amides is 1. The molecule has 1 amide bonds. The van der Waals surface area contributed by atoms with E-state index in [2.05, 4.69) is 0 Å². The summed E-state index contributed by atoms with van der Waals surface area (Å²) < 4.78 is 13.3. The highest BCUT2D eigenvalue weighted by Gasteiger charge is 2.22. The molecule has 0 spiro atoms. The van der Waals surface area contributed by atoms with Gasteiger partial charge >= 0.3 is 5.97 Å². The van der Waals surface area contributed by atoms with Gasteiger partial charge in [-0.05, 0) is 36.8 Å². The number of carboxylic acid groups (broad SMARTS) is 1. The molecule has 0 atom stereocenters. The molecule has 0 saturated carbocycles. The predicted octanol–water partition coefficient (Wildman–Crippen LogP) is 2.87. The lowest BCUT2D eigenvalue weighted by Gasteiger charge is -2.21. The second kappa shape index (κ2) is 6.17. The molecule has 2 aromatic carbocycles. The van der Waals surface area contributed by atoms with E-state index in [0.717, 1.165) is 11.0 Å². The van der Waals surface area contributed by atoms with Crippen LogP contribution in [0.4, 0.5) is 10.1 Å². The average Bonchev–Trinajstić information content (AvgIpc) is 2.47. The van der Waals surface area contributed by atoms with Crippen LogP contribution in [0.25, 0.3) is 0 Å². The highest BCUT2D eigenvalue weighted by molar-refractivity contribution is 6.09. The number of carbonyl (C=O) groups excluding carboxylic acids is 1. The van der Waals surface area contributed by atoms with Crippen molar-refractivity contribution in [1.82, 2.24) is 0 Å². The fraction of sp³-hybridized carbons (Fsp3) is 0.125. The maximum atomic E-state index is 13.3. The number of carboxylic acids is 1. The number of benzene rings is 2. The van der Waals surface area contributed by atoms with E-state index in [1.165, 1.54) is 12.1 Å². The van der Waals surface area contributed by atoms with Crippen molar-refractivity contribution in [2.24, 2.45) is 0 Å². The molecule has 0 aliphatic carbocycles. The van der Waals surface area contributed by atoms with E-state index in [4.69, 9.17) is 5.11 Å². The Kier molecular flexibility index (Phi) is 4.33. The zero-order valence-electron chi connectivity index (χ0n) is 11.4. The summed E-state index contributed by atoms with van der Waals surface area (Å²) in [5.41, 5.74) is 1.20. The minimum Gasteiger partial charge on any atom is -0.480 e. The molecule has 4 nitrogen and oxygen atoms in total. The smallest absolute Gasteiger partial charge is 0.323 e. The molecule has 2 aromatic rings. The summed E-state index contributed by atoms with van der Waals surface area (Å²) in [7, 11) is 0. The third-order valence-corrected chi connectivity index (χ3v) is 3.04. The Hall–Kier alpha value is -2.69. The van der Waals surface area contributed by atoms with E-state index in [9.17, 15) is 14.0 Å². The van der Waals surface area contributed by atoms with Gasteiger partial charge in [-0.15, -0.1) is 0 Å². The fourth-order valence-electron chi connectivity index (χ4n) is 1.99. The molecule has 0 fully saturated rings. The van der Waals surface area contributed by atoms with Crippen LogP contribution in [0.2, 0.25) is 0 Å². The van der Waals surface area contributed by atoms with Gasteiger partial charge < -0.3 is 5.11 Å². The van der Waals surface area contributed by atoms with Gasteiger partial charge in [0.05, 0.1) is 0 Å². The Morgan fingerprint density at radius 2 is 1.81 bits per heavy atom. The van der Waals surface area contributed by atoms with E-state index in [1.807, 2.05) is 0 Å². The maximum absolute atomic E-state index is 13.3. The molecular weight excluding hydrogens is 273 g/mol. The van der Waals surface area contributed by atoms with Gasteiger partial charge in [0.2, 0.25) is 0 Å². The summed E-state index contributed by atoms with van der Waals surface area (Å²) in [6.45, 7) is 1.19. The lowest BCUT2D eigenvalue weighted by molar-refractivity contribution is -0.135. The third-order valence-electron chi connectivity index (χ3n) is 3.04. The predicted molar refractivity (Wildman–Crippen MR) is 76.9 cm³/mol. The van der Waals surface area contributed by atoms with Crippen molar-refractivity contribution in [3.05, 3.63) is 65.5 Å². The van der Waals surface area contributed by atoms with Crippen molar-refractivity contribution in [1.29, 1.82) is 0 Å². The average molecular weight is 287 g/mol. The van der Waals surface area contributed by atoms with E-state index in [1.54, 1.807) is 37.3 Å². The van der Waals surface area contributed by atoms with Crippen LogP contribution in [-0.4, -0.2) is 23.5 Å². The Balaban J connectivity index is 2.43. The van der Waals surface area contributed by atoms with Crippen LogP contribution < -0.4 is 4.90 Å². The molecule has 0 aliphatic heterocycles. The van der Waals surface area contributed by atoms with Gasteiger partial charge in [0, 0.05) is 11.3 Å². The normalized spacial score (nSPS) is 10.2. The zero-order chi connectivity index (χ0) is 15.4. The molecule has 0 saturated heterocycles. The number of para-hydroxylation sites is 1. The molecule has 5 heteroatoms. The summed E-state index contributed by atoms with van der Waals surface area (Å²) in [6.07, 6.45) is 0. The zero-order valence-corrected chi connectivity index (χ0v) is 11.4. The number of aryl methyl sites for hydroxylation is 1. The first kappa shape index (κ1) is 14.7. The number of halogens is 1. The first-order chi connectivity index (χ1) is 9.99. The highest BCUT2D eigenvalue weighted by atomic mass is 19.1. The molecule has 0 aliphatic rings. The van der Waals surface area contributed by atoms with Crippen LogP contribution in [0.15, 0.2) is 48.5 Å². The molecular formula is C16H14FNO3. The topological polar surface area (TPSA) is 57.6 Å². The lowest BCUT2D eigenvalue weighted by atomic mass is 10.1. The maximum Gasteiger partial charge on any atom is 0.323 e. The van der Waals surface area contributed by atoms with Crippen LogP contribution in [0.1, 0.15) is 15.9 Å². The Bertz CT molecular complexity index is 670. The fourth-order valence-corrected chi connectivity index (χ4v) is 1.99. The minimum absolute atomic E-state index is 0.153. The number of hydrogen-bond acceptors (Lipinski definition) is 2. The molecule has 0 unspecified atom stereocenters. The number of carbonyl (C=O) groups is 2.